The summed E-state index contributed by atoms with van der Waals surface area (Å²) in [4.78, 5) is 21.7. The van der Waals surface area contributed by atoms with Gasteiger partial charge < -0.3 is 10.1 Å². The molecular weight excluding hydrogens is 468 g/mol. The Morgan fingerprint density at radius 2 is 1.75 bits per heavy atom. The minimum atomic E-state index is -3.76. The Morgan fingerprint density at radius 3 is 2.47 bits per heavy atom. The van der Waals surface area contributed by atoms with Crippen LogP contribution in [-0.2, 0) is 14.8 Å². The zero-order chi connectivity index (χ0) is 22.6. The van der Waals surface area contributed by atoms with Crippen molar-refractivity contribution in [2.75, 3.05) is 22.9 Å². The lowest BCUT2D eigenvalue weighted by Crippen LogP contribution is -2.15. The number of methoxy groups -OCH3 is 1. The molecule has 0 spiro atoms. The average molecular weight is 487 g/mol. The highest BCUT2D eigenvalue weighted by Crippen LogP contribution is 2.27. The number of hydrogen-bond acceptors (Lipinski definition) is 8. The molecule has 0 saturated carbocycles. The van der Waals surface area contributed by atoms with Crippen LogP contribution in [0.3, 0.4) is 0 Å². The summed E-state index contributed by atoms with van der Waals surface area (Å²) >= 11 is 2.84. The number of carbonyl (C=O) groups excluding carboxylic acids is 1. The van der Waals surface area contributed by atoms with Crippen LogP contribution in [0.4, 0.5) is 11.4 Å². The zero-order valence-electron chi connectivity index (χ0n) is 16.8. The van der Waals surface area contributed by atoms with Crippen molar-refractivity contribution in [1.29, 1.82) is 0 Å². The van der Waals surface area contributed by atoms with E-state index in [9.17, 15) is 13.2 Å². The summed E-state index contributed by atoms with van der Waals surface area (Å²) in [6.07, 6.45) is 1.48. The zero-order valence-corrected chi connectivity index (χ0v) is 19.3. The summed E-state index contributed by atoms with van der Waals surface area (Å²) in [5.41, 5.74) is 0.923. The van der Waals surface area contributed by atoms with Crippen LogP contribution in [0.1, 0.15) is 0 Å². The van der Waals surface area contributed by atoms with Crippen molar-refractivity contribution in [3.05, 3.63) is 66.3 Å². The SMILES string of the molecule is COc1ccc(NS(=O)(=O)c2ccc(NC(=O)CSc3ncnc4sccc34)cc2)cc1. The summed E-state index contributed by atoms with van der Waals surface area (Å²) in [7, 11) is -2.22. The van der Waals surface area contributed by atoms with Crippen molar-refractivity contribution < 1.29 is 17.9 Å². The van der Waals surface area contributed by atoms with Gasteiger partial charge in [-0.25, -0.2) is 18.4 Å². The van der Waals surface area contributed by atoms with E-state index in [0.29, 0.717) is 17.1 Å². The molecule has 8 nitrogen and oxygen atoms in total. The number of hydrogen-bond donors (Lipinski definition) is 2. The van der Waals surface area contributed by atoms with Crippen LogP contribution >= 0.6 is 23.1 Å². The molecule has 0 aliphatic heterocycles. The number of aromatic nitrogens is 2. The summed E-state index contributed by atoms with van der Waals surface area (Å²) < 4.78 is 32.8. The summed E-state index contributed by atoms with van der Waals surface area (Å²) in [5.74, 6) is 0.579. The molecule has 1 amide bonds. The Hall–Kier alpha value is -3.15. The van der Waals surface area contributed by atoms with Gasteiger partial charge in [0.1, 0.15) is 21.9 Å². The minimum absolute atomic E-state index is 0.0847. The van der Waals surface area contributed by atoms with E-state index in [0.717, 1.165) is 15.2 Å². The fourth-order valence-corrected chi connectivity index (χ4v) is 5.44. The van der Waals surface area contributed by atoms with E-state index in [-0.39, 0.29) is 16.6 Å². The minimum Gasteiger partial charge on any atom is -0.497 e. The van der Waals surface area contributed by atoms with E-state index in [2.05, 4.69) is 20.0 Å². The number of fused-ring (bicyclic) bond motifs is 1. The third kappa shape index (κ3) is 5.18. The van der Waals surface area contributed by atoms with Crippen molar-refractivity contribution in [3.8, 4) is 5.75 Å². The van der Waals surface area contributed by atoms with Gasteiger partial charge in [0, 0.05) is 16.8 Å². The van der Waals surface area contributed by atoms with Crippen molar-refractivity contribution in [1.82, 2.24) is 9.97 Å². The molecular formula is C21H18N4O4S3. The van der Waals surface area contributed by atoms with Gasteiger partial charge in [-0.15, -0.1) is 11.3 Å². The second-order valence-corrected chi connectivity index (χ2v) is 10.1. The van der Waals surface area contributed by atoms with E-state index in [4.69, 9.17) is 4.74 Å². The van der Waals surface area contributed by atoms with Gasteiger partial charge in [0.2, 0.25) is 5.91 Å². The third-order valence-corrected chi connectivity index (χ3v) is 7.58. The van der Waals surface area contributed by atoms with E-state index >= 15 is 0 Å². The Balaban J connectivity index is 1.36. The van der Waals surface area contributed by atoms with Crippen LogP contribution in [0.25, 0.3) is 10.2 Å². The van der Waals surface area contributed by atoms with Gasteiger partial charge in [0.05, 0.1) is 17.8 Å². The van der Waals surface area contributed by atoms with Crippen molar-refractivity contribution in [3.63, 3.8) is 0 Å². The lowest BCUT2D eigenvalue weighted by atomic mass is 10.3. The number of nitrogens with zero attached hydrogens (tertiary/aromatic N) is 2. The number of nitrogens with one attached hydrogen (secondary N) is 2. The number of ether oxygens (including phenoxy) is 1. The predicted octanol–water partition coefficient (Wildman–Crippen LogP) is 4.23. The van der Waals surface area contributed by atoms with Gasteiger partial charge in [0.25, 0.3) is 10.0 Å². The number of thiophene rings is 1. The fourth-order valence-electron chi connectivity index (χ4n) is 2.80. The molecule has 0 atom stereocenters. The van der Waals surface area contributed by atoms with Crippen LogP contribution in [-0.4, -0.2) is 37.2 Å². The van der Waals surface area contributed by atoms with Crippen LogP contribution < -0.4 is 14.8 Å². The maximum absolute atomic E-state index is 12.6. The van der Waals surface area contributed by atoms with E-state index in [1.165, 1.54) is 48.7 Å². The standard InChI is InChI=1S/C21H18N4O4S3/c1-29-16-6-2-15(3-7-16)25-32(27,28)17-8-4-14(5-9-17)24-19(26)12-31-21-18-10-11-30-20(18)22-13-23-21/h2-11,13,25H,12H2,1H3,(H,24,26). The summed E-state index contributed by atoms with van der Waals surface area (Å²) in [6, 6.07) is 14.5. The highest BCUT2D eigenvalue weighted by molar-refractivity contribution is 8.00. The first-order valence-electron chi connectivity index (χ1n) is 9.32. The summed E-state index contributed by atoms with van der Waals surface area (Å²) in [6.45, 7) is 0. The molecule has 4 aromatic rings. The molecule has 0 radical (unpaired) electrons. The molecule has 2 aromatic heterocycles. The first kappa shape index (κ1) is 22.1. The number of benzene rings is 2. The van der Waals surface area contributed by atoms with Crippen molar-refractivity contribution >= 4 is 60.6 Å². The molecule has 0 fully saturated rings. The molecule has 32 heavy (non-hydrogen) atoms. The first-order chi connectivity index (χ1) is 15.4. The topological polar surface area (TPSA) is 110 Å². The smallest absolute Gasteiger partial charge is 0.261 e. The molecule has 2 heterocycles. The molecule has 0 aliphatic carbocycles. The lowest BCUT2D eigenvalue weighted by Gasteiger charge is -2.10. The molecule has 0 bridgehead atoms. The van der Waals surface area contributed by atoms with E-state index in [1.54, 1.807) is 36.4 Å². The molecule has 11 heteroatoms. The Labute approximate surface area is 193 Å². The summed E-state index contributed by atoms with van der Waals surface area (Å²) in [5, 5.41) is 6.37. The molecule has 164 valence electrons. The van der Waals surface area contributed by atoms with Crippen molar-refractivity contribution in [2.24, 2.45) is 0 Å². The third-order valence-electron chi connectivity index (χ3n) is 4.36. The molecule has 0 aliphatic rings. The molecule has 0 unspecified atom stereocenters. The number of rotatable bonds is 8. The van der Waals surface area contributed by atoms with Crippen LogP contribution in [0, 0.1) is 0 Å². The first-order valence-corrected chi connectivity index (χ1v) is 12.7. The second-order valence-electron chi connectivity index (χ2n) is 6.51. The van der Waals surface area contributed by atoms with Gasteiger partial charge in [-0.05, 0) is 60.0 Å². The maximum atomic E-state index is 12.6. The Kier molecular flexibility index (Phi) is 6.58. The molecule has 4 rings (SSSR count). The maximum Gasteiger partial charge on any atom is 0.261 e. The molecule has 0 saturated heterocycles. The van der Waals surface area contributed by atoms with Crippen LogP contribution in [0.5, 0.6) is 5.75 Å². The highest BCUT2D eigenvalue weighted by atomic mass is 32.2. The normalized spacial score (nSPS) is 11.3. The number of carbonyl (C=O) groups is 1. The Bertz CT molecular complexity index is 1340. The fraction of sp³-hybridized carbons (Fsp3) is 0.0952. The largest absolute Gasteiger partial charge is 0.497 e. The van der Waals surface area contributed by atoms with Gasteiger partial charge in [-0.2, -0.15) is 0 Å². The van der Waals surface area contributed by atoms with Crippen molar-refractivity contribution in [2.45, 2.75) is 9.92 Å². The quantitative estimate of drug-likeness (QED) is 0.283. The lowest BCUT2D eigenvalue weighted by molar-refractivity contribution is -0.113. The number of thioether (sulfide) groups is 1. The number of sulfonamides is 1. The number of anilines is 2. The second kappa shape index (κ2) is 9.55. The Morgan fingerprint density at radius 1 is 1.03 bits per heavy atom. The van der Waals surface area contributed by atoms with Gasteiger partial charge >= 0.3 is 0 Å². The van der Waals surface area contributed by atoms with Gasteiger partial charge in [-0.3, -0.25) is 9.52 Å². The van der Waals surface area contributed by atoms with Gasteiger partial charge in [0.15, 0.2) is 0 Å². The molecule has 2 aromatic carbocycles. The van der Waals surface area contributed by atoms with E-state index in [1.807, 2.05) is 11.4 Å². The van der Waals surface area contributed by atoms with Crippen LogP contribution in [0.2, 0.25) is 0 Å². The van der Waals surface area contributed by atoms with E-state index < -0.39 is 10.0 Å². The molecule has 2 N–H and O–H groups in total. The van der Waals surface area contributed by atoms with Gasteiger partial charge in [-0.1, -0.05) is 11.8 Å². The average Bonchev–Trinajstić information content (AvgIpc) is 3.28. The van der Waals surface area contributed by atoms with Crippen LogP contribution in [0.15, 0.2) is 76.2 Å². The predicted molar refractivity (Wildman–Crippen MR) is 127 cm³/mol. The monoisotopic (exact) mass is 486 g/mol. The number of amides is 1. The highest BCUT2D eigenvalue weighted by Gasteiger charge is 2.15.